The summed E-state index contributed by atoms with van der Waals surface area (Å²) in [7, 11) is -3.57. The van der Waals surface area contributed by atoms with Gasteiger partial charge in [-0.1, -0.05) is 26.2 Å². The standard InChI is InChI=1S/C13H19NO4S2/c1-2-14(11-6-4-3-5-7-11)20(17,18)12-8-10(9-19-12)13(15)16/h8-9,11H,2-7H2,1H3,(H,15,16). The molecular weight excluding hydrogens is 298 g/mol. The van der Waals surface area contributed by atoms with Crippen LogP contribution in [0.2, 0.25) is 0 Å². The van der Waals surface area contributed by atoms with Crippen LogP contribution in [0.3, 0.4) is 0 Å². The van der Waals surface area contributed by atoms with Gasteiger partial charge in [-0.3, -0.25) is 0 Å². The average molecular weight is 317 g/mol. The number of rotatable bonds is 5. The third-order valence-electron chi connectivity index (χ3n) is 3.68. The van der Waals surface area contributed by atoms with Gasteiger partial charge in [0.2, 0.25) is 0 Å². The molecule has 0 spiro atoms. The molecule has 112 valence electrons. The predicted molar refractivity (Wildman–Crippen MR) is 77.7 cm³/mol. The number of aromatic carboxylic acids is 1. The largest absolute Gasteiger partial charge is 0.478 e. The molecule has 1 fully saturated rings. The molecule has 5 nitrogen and oxygen atoms in total. The van der Waals surface area contributed by atoms with Crippen molar-refractivity contribution in [2.45, 2.75) is 49.3 Å². The Balaban J connectivity index is 2.28. The van der Waals surface area contributed by atoms with E-state index in [9.17, 15) is 13.2 Å². The molecule has 0 radical (unpaired) electrons. The van der Waals surface area contributed by atoms with Gasteiger partial charge in [0.25, 0.3) is 10.0 Å². The molecule has 7 heteroatoms. The molecule has 1 heterocycles. The zero-order chi connectivity index (χ0) is 14.8. The van der Waals surface area contributed by atoms with Crippen LogP contribution in [0, 0.1) is 0 Å². The third kappa shape index (κ3) is 3.05. The third-order valence-corrected chi connectivity index (χ3v) is 7.12. The van der Waals surface area contributed by atoms with Crippen LogP contribution in [-0.4, -0.2) is 36.4 Å². The molecule has 1 aromatic heterocycles. The lowest BCUT2D eigenvalue weighted by atomic mass is 9.95. The van der Waals surface area contributed by atoms with Crippen molar-refractivity contribution in [2.24, 2.45) is 0 Å². The first-order chi connectivity index (χ1) is 9.46. The minimum atomic E-state index is -3.57. The minimum Gasteiger partial charge on any atom is -0.478 e. The fraction of sp³-hybridized carbons (Fsp3) is 0.615. The molecule has 20 heavy (non-hydrogen) atoms. The second-order valence-electron chi connectivity index (χ2n) is 4.96. The van der Waals surface area contributed by atoms with E-state index in [1.54, 1.807) is 0 Å². The number of carboxylic acids is 1. The lowest BCUT2D eigenvalue weighted by molar-refractivity contribution is 0.0697. The number of carbonyl (C=O) groups is 1. The second kappa shape index (κ2) is 6.24. The van der Waals surface area contributed by atoms with E-state index in [0.717, 1.165) is 43.4 Å². The van der Waals surface area contributed by atoms with E-state index in [0.29, 0.717) is 6.54 Å². The van der Waals surface area contributed by atoms with Crippen LogP contribution in [0.1, 0.15) is 49.4 Å². The van der Waals surface area contributed by atoms with Crippen molar-refractivity contribution >= 4 is 27.3 Å². The smallest absolute Gasteiger partial charge is 0.336 e. The Morgan fingerprint density at radius 2 is 2.05 bits per heavy atom. The summed E-state index contributed by atoms with van der Waals surface area (Å²) in [6, 6.07) is 1.31. The van der Waals surface area contributed by atoms with Crippen LogP contribution in [0.15, 0.2) is 15.7 Å². The van der Waals surface area contributed by atoms with Crippen LogP contribution in [0.25, 0.3) is 0 Å². The van der Waals surface area contributed by atoms with Crippen LogP contribution in [0.5, 0.6) is 0 Å². The molecule has 0 saturated heterocycles. The van der Waals surface area contributed by atoms with Crippen molar-refractivity contribution < 1.29 is 18.3 Å². The Morgan fingerprint density at radius 3 is 2.55 bits per heavy atom. The molecule has 0 amide bonds. The van der Waals surface area contributed by atoms with E-state index in [1.807, 2.05) is 6.92 Å². The highest BCUT2D eigenvalue weighted by Crippen LogP contribution is 2.30. The molecule has 0 aliphatic heterocycles. The quantitative estimate of drug-likeness (QED) is 0.906. The van der Waals surface area contributed by atoms with Crippen molar-refractivity contribution in [3.8, 4) is 0 Å². The molecule has 2 rings (SSSR count). The van der Waals surface area contributed by atoms with Crippen molar-refractivity contribution in [2.75, 3.05) is 6.54 Å². The predicted octanol–water partition coefficient (Wildman–Crippen LogP) is 2.79. The van der Waals surface area contributed by atoms with Gasteiger partial charge in [0.1, 0.15) is 4.21 Å². The van der Waals surface area contributed by atoms with Gasteiger partial charge in [0.15, 0.2) is 0 Å². The monoisotopic (exact) mass is 317 g/mol. The van der Waals surface area contributed by atoms with Gasteiger partial charge < -0.3 is 5.11 Å². The van der Waals surface area contributed by atoms with E-state index in [2.05, 4.69) is 0 Å². The number of hydrogen-bond acceptors (Lipinski definition) is 4. The Hall–Kier alpha value is -0.920. The van der Waals surface area contributed by atoms with Crippen molar-refractivity contribution in [3.05, 3.63) is 17.0 Å². The average Bonchev–Trinajstić information content (AvgIpc) is 2.91. The Bertz CT molecular complexity index is 573. The molecule has 1 N–H and O–H groups in total. The summed E-state index contributed by atoms with van der Waals surface area (Å²) in [5, 5.41) is 10.3. The van der Waals surface area contributed by atoms with Gasteiger partial charge in [0, 0.05) is 18.0 Å². The van der Waals surface area contributed by atoms with Crippen molar-refractivity contribution in [3.63, 3.8) is 0 Å². The van der Waals surface area contributed by atoms with Crippen LogP contribution in [0.4, 0.5) is 0 Å². The van der Waals surface area contributed by atoms with Gasteiger partial charge in [-0.2, -0.15) is 4.31 Å². The number of hydrogen-bond donors (Lipinski definition) is 1. The highest BCUT2D eigenvalue weighted by Gasteiger charge is 2.32. The minimum absolute atomic E-state index is 0.0354. The first-order valence-electron chi connectivity index (χ1n) is 6.80. The second-order valence-corrected chi connectivity index (χ2v) is 7.99. The number of thiophene rings is 1. The maximum Gasteiger partial charge on any atom is 0.336 e. The first-order valence-corrected chi connectivity index (χ1v) is 9.12. The summed E-state index contributed by atoms with van der Waals surface area (Å²) in [4.78, 5) is 10.9. The maximum absolute atomic E-state index is 12.6. The highest BCUT2D eigenvalue weighted by molar-refractivity contribution is 7.91. The normalized spacial score (nSPS) is 17.5. The molecule has 0 atom stereocenters. The summed E-state index contributed by atoms with van der Waals surface area (Å²) in [5.74, 6) is -1.09. The molecule has 1 aliphatic rings. The Morgan fingerprint density at radius 1 is 1.40 bits per heavy atom. The lowest BCUT2D eigenvalue weighted by Gasteiger charge is -2.32. The summed E-state index contributed by atoms with van der Waals surface area (Å²) in [6.07, 6.45) is 5.06. The fourth-order valence-corrected chi connectivity index (χ4v) is 5.65. The van der Waals surface area contributed by atoms with Crippen molar-refractivity contribution in [1.82, 2.24) is 4.31 Å². The van der Waals surface area contributed by atoms with Crippen LogP contribution < -0.4 is 0 Å². The number of sulfonamides is 1. The van der Waals surface area contributed by atoms with Gasteiger partial charge in [-0.05, 0) is 18.9 Å². The SMILES string of the molecule is CCN(C1CCCCC1)S(=O)(=O)c1cc(C(=O)O)cs1. The number of carboxylic acid groups (broad SMARTS) is 1. The molecule has 0 aromatic carbocycles. The molecular formula is C13H19NO4S2. The molecule has 0 bridgehead atoms. The van der Waals surface area contributed by atoms with E-state index in [4.69, 9.17) is 5.11 Å². The summed E-state index contributed by atoms with van der Waals surface area (Å²) in [5.41, 5.74) is 0.0354. The number of nitrogens with zero attached hydrogens (tertiary/aromatic N) is 1. The van der Waals surface area contributed by atoms with Crippen molar-refractivity contribution in [1.29, 1.82) is 0 Å². The topological polar surface area (TPSA) is 74.7 Å². The van der Waals surface area contributed by atoms with E-state index >= 15 is 0 Å². The molecule has 0 unspecified atom stereocenters. The molecule has 1 aromatic rings. The highest BCUT2D eigenvalue weighted by atomic mass is 32.2. The summed E-state index contributed by atoms with van der Waals surface area (Å²) in [6.45, 7) is 2.26. The van der Waals surface area contributed by atoms with Gasteiger partial charge in [-0.15, -0.1) is 11.3 Å². The summed E-state index contributed by atoms with van der Waals surface area (Å²) < 4.78 is 26.9. The van der Waals surface area contributed by atoms with E-state index in [-0.39, 0.29) is 15.8 Å². The zero-order valence-electron chi connectivity index (χ0n) is 11.4. The Labute approximate surface area is 123 Å². The summed E-state index contributed by atoms with van der Waals surface area (Å²) >= 11 is 0.982. The van der Waals surface area contributed by atoms with Crippen LogP contribution >= 0.6 is 11.3 Å². The van der Waals surface area contributed by atoms with Gasteiger partial charge >= 0.3 is 5.97 Å². The maximum atomic E-state index is 12.6. The fourth-order valence-electron chi connectivity index (χ4n) is 2.67. The first kappa shape index (κ1) is 15.5. The lowest BCUT2D eigenvalue weighted by Crippen LogP contribution is -2.40. The molecule has 1 saturated carbocycles. The van der Waals surface area contributed by atoms with Gasteiger partial charge in [0.05, 0.1) is 5.56 Å². The molecule has 1 aliphatic carbocycles. The van der Waals surface area contributed by atoms with Gasteiger partial charge in [-0.25, -0.2) is 13.2 Å². The van der Waals surface area contributed by atoms with E-state index < -0.39 is 16.0 Å². The Kier molecular flexibility index (Phi) is 4.82. The van der Waals surface area contributed by atoms with Crippen LogP contribution in [-0.2, 0) is 10.0 Å². The zero-order valence-corrected chi connectivity index (χ0v) is 13.0. The van der Waals surface area contributed by atoms with E-state index in [1.165, 1.54) is 15.8 Å².